The van der Waals surface area contributed by atoms with Gasteiger partial charge in [0, 0.05) is 45.5 Å². The Kier molecular flexibility index (Phi) is 6.49. The van der Waals surface area contributed by atoms with Crippen LogP contribution in [0.2, 0.25) is 0 Å². The fraction of sp³-hybridized carbons (Fsp3) is 0. The number of hydrogen-bond donors (Lipinski definition) is 0. The van der Waals surface area contributed by atoms with Gasteiger partial charge in [0.2, 0.25) is 0 Å². The van der Waals surface area contributed by atoms with Crippen molar-refractivity contribution in [2.24, 2.45) is 0 Å². The molecule has 10 aromatic rings. The lowest BCUT2D eigenvalue weighted by Gasteiger charge is -2.26. The number of aromatic nitrogens is 1. The molecule has 0 saturated carbocycles. The van der Waals surface area contributed by atoms with Crippen molar-refractivity contribution in [1.82, 2.24) is 4.98 Å². The average Bonchev–Trinajstić information content (AvgIpc) is 3.57. The van der Waals surface area contributed by atoms with Crippen molar-refractivity contribution in [3.63, 3.8) is 0 Å². The van der Waals surface area contributed by atoms with Gasteiger partial charge in [0.15, 0.2) is 5.58 Å². The zero-order chi connectivity index (χ0) is 33.0. The monoisotopic (exact) mass is 638 g/mol. The molecular weight excluding hydrogens is 609 g/mol. The first kappa shape index (κ1) is 28.3. The molecule has 0 aliphatic heterocycles. The van der Waals surface area contributed by atoms with Crippen LogP contribution >= 0.6 is 0 Å². The first-order valence-electron chi connectivity index (χ1n) is 16.9. The third-order valence-corrected chi connectivity index (χ3v) is 9.88. The minimum atomic E-state index is 0.812. The molecule has 0 spiro atoms. The Morgan fingerprint density at radius 1 is 0.380 bits per heavy atom. The second kappa shape index (κ2) is 11.5. The largest absolute Gasteiger partial charge is 0.454 e. The summed E-state index contributed by atoms with van der Waals surface area (Å²) in [6.07, 6.45) is 1.93. The highest BCUT2D eigenvalue weighted by molar-refractivity contribution is 6.13. The summed E-state index contributed by atoms with van der Waals surface area (Å²) in [5.74, 6) is 0. The van der Waals surface area contributed by atoms with Gasteiger partial charge in [0.1, 0.15) is 11.1 Å². The van der Waals surface area contributed by atoms with Gasteiger partial charge in [-0.2, -0.15) is 0 Å². The molecule has 0 aliphatic carbocycles. The third-order valence-electron chi connectivity index (χ3n) is 9.88. The van der Waals surface area contributed by atoms with E-state index >= 15 is 0 Å². The highest BCUT2D eigenvalue weighted by Gasteiger charge is 2.17. The summed E-state index contributed by atoms with van der Waals surface area (Å²) in [6, 6.07) is 62.7. The van der Waals surface area contributed by atoms with Crippen molar-refractivity contribution in [2.45, 2.75) is 0 Å². The van der Waals surface area contributed by atoms with Gasteiger partial charge in [0.05, 0.1) is 0 Å². The Morgan fingerprint density at radius 3 is 1.70 bits per heavy atom. The topological polar surface area (TPSA) is 29.3 Å². The van der Waals surface area contributed by atoms with Gasteiger partial charge < -0.3 is 9.32 Å². The maximum Gasteiger partial charge on any atom is 0.161 e. The molecule has 8 aromatic carbocycles. The van der Waals surface area contributed by atoms with E-state index in [0.29, 0.717) is 0 Å². The Balaban J connectivity index is 1.09. The number of rotatable bonds is 5. The lowest BCUT2D eigenvalue weighted by Crippen LogP contribution is -2.09. The zero-order valence-corrected chi connectivity index (χ0v) is 27.1. The van der Waals surface area contributed by atoms with Crippen LogP contribution in [0.15, 0.2) is 187 Å². The van der Waals surface area contributed by atoms with Crippen molar-refractivity contribution in [3.05, 3.63) is 182 Å². The van der Waals surface area contributed by atoms with E-state index in [2.05, 4.69) is 169 Å². The van der Waals surface area contributed by atoms with Gasteiger partial charge in [-0.3, -0.25) is 4.98 Å². The summed E-state index contributed by atoms with van der Waals surface area (Å²) in [7, 11) is 0. The van der Waals surface area contributed by atoms with E-state index in [1.54, 1.807) is 0 Å². The van der Waals surface area contributed by atoms with Crippen LogP contribution in [0.25, 0.3) is 76.6 Å². The SMILES string of the molecule is c1ccc(-c2ccc(N(c3ccc(-c4ccc5ccc6ccccc6c5c4)cc3)c3ccc4c(c3)oc3c5ccccc5cnc43)cc2)cc1. The van der Waals surface area contributed by atoms with Gasteiger partial charge in [-0.25, -0.2) is 0 Å². The van der Waals surface area contributed by atoms with Crippen LogP contribution in [0, 0.1) is 0 Å². The van der Waals surface area contributed by atoms with Gasteiger partial charge in [-0.1, -0.05) is 127 Å². The predicted molar refractivity (Wildman–Crippen MR) is 210 cm³/mol. The van der Waals surface area contributed by atoms with Crippen molar-refractivity contribution in [2.75, 3.05) is 4.90 Å². The summed E-state index contributed by atoms with van der Waals surface area (Å²) < 4.78 is 6.56. The van der Waals surface area contributed by atoms with E-state index in [9.17, 15) is 0 Å². The Hall–Kier alpha value is -6.71. The van der Waals surface area contributed by atoms with Gasteiger partial charge in [-0.05, 0) is 86.3 Å². The summed E-state index contributed by atoms with van der Waals surface area (Å²) in [6.45, 7) is 0. The van der Waals surface area contributed by atoms with Crippen LogP contribution in [-0.2, 0) is 0 Å². The highest BCUT2D eigenvalue weighted by atomic mass is 16.3. The van der Waals surface area contributed by atoms with Crippen LogP contribution in [0.3, 0.4) is 0 Å². The number of benzene rings is 8. The normalized spacial score (nSPS) is 11.6. The van der Waals surface area contributed by atoms with E-state index in [4.69, 9.17) is 9.40 Å². The maximum absolute atomic E-state index is 6.56. The standard InChI is InChI=1S/C47H30N2O/c1-2-8-31(9-3-1)32-18-22-38(23-19-32)49(40-26-27-43-45(29-40)50-47-42-13-7-5-11-37(42)30-48-46(43)47)39-24-20-33(21-25-39)36-17-16-35-15-14-34-10-4-6-12-41(34)44(35)28-36/h1-30H. The fourth-order valence-electron chi connectivity index (χ4n) is 7.34. The maximum atomic E-state index is 6.56. The van der Waals surface area contributed by atoms with Crippen LogP contribution in [-0.4, -0.2) is 4.98 Å². The quantitative estimate of drug-likeness (QED) is 0.176. The van der Waals surface area contributed by atoms with Crippen LogP contribution in [0.5, 0.6) is 0 Å². The number of hydrogen-bond acceptors (Lipinski definition) is 3. The van der Waals surface area contributed by atoms with E-state index in [1.165, 1.54) is 43.8 Å². The molecule has 0 amide bonds. The molecule has 0 atom stereocenters. The number of anilines is 3. The molecule has 0 saturated heterocycles. The Bertz CT molecular complexity index is 2850. The van der Waals surface area contributed by atoms with Crippen LogP contribution < -0.4 is 4.90 Å². The summed E-state index contributed by atoms with van der Waals surface area (Å²) >= 11 is 0. The molecule has 2 heterocycles. The number of nitrogens with zero attached hydrogens (tertiary/aromatic N) is 2. The molecule has 3 heteroatoms. The third kappa shape index (κ3) is 4.71. The lowest BCUT2D eigenvalue weighted by molar-refractivity contribution is 0.672. The molecule has 0 aliphatic rings. The minimum absolute atomic E-state index is 0.812. The number of pyridine rings is 1. The molecule has 10 rings (SSSR count). The van der Waals surface area contributed by atoms with Gasteiger partial charge >= 0.3 is 0 Å². The van der Waals surface area contributed by atoms with Gasteiger partial charge in [0.25, 0.3) is 0 Å². The van der Waals surface area contributed by atoms with Gasteiger partial charge in [-0.15, -0.1) is 0 Å². The van der Waals surface area contributed by atoms with E-state index in [-0.39, 0.29) is 0 Å². The second-order valence-electron chi connectivity index (χ2n) is 12.8. The molecular formula is C47H30N2O. The second-order valence-corrected chi connectivity index (χ2v) is 12.8. The number of fused-ring (bicyclic) bond motifs is 8. The first-order chi connectivity index (χ1) is 24.8. The fourth-order valence-corrected chi connectivity index (χ4v) is 7.34. The molecule has 3 nitrogen and oxygen atoms in total. The molecule has 0 unspecified atom stereocenters. The Morgan fingerprint density at radius 2 is 0.940 bits per heavy atom. The molecule has 2 aromatic heterocycles. The molecule has 0 radical (unpaired) electrons. The van der Waals surface area contributed by atoms with Crippen molar-refractivity contribution >= 4 is 71.4 Å². The summed E-state index contributed by atoms with van der Waals surface area (Å²) in [5, 5.41) is 8.20. The van der Waals surface area contributed by atoms with Crippen molar-refractivity contribution < 1.29 is 4.42 Å². The van der Waals surface area contributed by atoms with E-state index in [1.807, 2.05) is 18.3 Å². The summed E-state index contributed by atoms with van der Waals surface area (Å²) in [5.41, 5.74) is 10.4. The average molecular weight is 639 g/mol. The Labute approximate surface area is 289 Å². The predicted octanol–water partition coefficient (Wildman–Crippen LogP) is 13.2. The lowest BCUT2D eigenvalue weighted by atomic mass is 9.97. The summed E-state index contributed by atoms with van der Waals surface area (Å²) in [4.78, 5) is 7.09. The van der Waals surface area contributed by atoms with Crippen LogP contribution in [0.4, 0.5) is 17.1 Å². The smallest absolute Gasteiger partial charge is 0.161 e. The van der Waals surface area contributed by atoms with Crippen molar-refractivity contribution in [1.29, 1.82) is 0 Å². The first-order valence-corrected chi connectivity index (χ1v) is 16.9. The molecule has 0 fully saturated rings. The molecule has 234 valence electrons. The molecule has 0 bridgehead atoms. The van der Waals surface area contributed by atoms with Crippen molar-refractivity contribution in [3.8, 4) is 22.3 Å². The van der Waals surface area contributed by atoms with Crippen LogP contribution in [0.1, 0.15) is 0 Å². The highest BCUT2D eigenvalue weighted by Crippen LogP contribution is 2.41. The molecule has 0 N–H and O–H groups in total. The zero-order valence-electron chi connectivity index (χ0n) is 27.1. The molecule has 50 heavy (non-hydrogen) atoms. The minimum Gasteiger partial charge on any atom is -0.454 e. The number of furan rings is 1. The van der Waals surface area contributed by atoms with E-state index < -0.39 is 0 Å². The van der Waals surface area contributed by atoms with E-state index in [0.717, 1.165) is 49.9 Å².